The van der Waals surface area contributed by atoms with Crippen LogP contribution in [0, 0.1) is 5.41 Å². The van der Waals surface area contributed by atoms with Gasteiger partial charge in [-0.1, -0.05) is 13.8 Å². The van der Waals surface area contributed by atoms with E-state index in [2.05, 4.69) is 24.6 Å². The highest BCUT2D eigenvalue weighted by Crippen LogP contribution is 2.35. The summed E-state index contributed by atoms with van der Waals surface area (Å²) >= 11 is 0. The second-order valence-electron chi connectivity index (χ2n) is 7.09. The summed E-state index contributed by atoms with van der Waals surface area (Å²) in [4.78, 5) is 12.2. The monoisotopic (exact) mass is 275 g/mol. The minimum Gasteiger partial charge on any atom is -0.378 e. The van der Waals surface area contributed by atoms with Crippen molar-refractivity contribution in [3.63, 3.8) is 0 Å². The number of hydrogen-bond acceptors (Lipinski definition) is 2. The highest BCUT2D eigenvalue weighted by molar-refractivity contribution is 5.98. The molecular weight excluding hydrogens is 250 g/mol. The Morgan fingerprint density at radius 2 is 2.20 bits per heavy atom. The van der Waals surface area contributed by atoms with Crippen LogP contribution in [0.5, 0.6) is 0 Å². The van der Waals surface area contributed by atoms with Crippen molar-refractivity contribution in [2.75, 3.05) is 6.61 Å². The zero-order valence-electron chi connectivity index (χ0n) is 12.7. The fourth-order valence-corrected chi connectivity index (χ4v) is 3.53. The van der Waals surface area contributed by atoms with Crippen LogP contribution in [0.15, 0.2) is 12.3 Å². The summed E-state index contributed by atoms with van der Waals surface area (Å²) in [6, 6.07) is 2.01. The van der Waals surface area contributed by atoms with Crippen molar-refractivity contribution in [2.24, 2.45) is 5.41 Å². The van der Waals surface area contributed by atoms with Crippen molar-refractivity contribution < 1.29 is 9.53 Å². The van der Waals surface area contributed by atoms with E-state index >= 15 is 0 Å². The number of ether oxygens (including phenoxy) is 1. The molecule has 3 heteroatoms. The van der Waals surface area contributed by atoms with E-state index in [1.807, 2.05) is 6.07 Å². The van der Waals surface area contributed by atoms with Gasteiger partial charge in [0.15, 0.2) is 5.78 Å². The lowest BCUT2D eigenvalue weighted by atomic mass is 9.76. The molecule has 1 aromatic heterocycles. The van der Waals surface area contributed by atoms with E-state index in [0.717, 1.165) is 31.6 Å². The quantitative estimate of drug-likeness (QED) is 0.844. The molecular formula is C17H25NO2. The number of aryl methyl sites for hydroxylation is 1. The Morgan fingerprint density at radius 3 is 2.95 bits per heavy atom. The van der Waals surface area contributed by atoms with E-state index in [4.69, 9.17) is 4.74 Å². The first-order valence-corrected chi connectivity index (χ1v) is 7.88. The van der Waals surface area contributed by atoms with Gasteiger partial charge in [-0.25, -0.2) is 0 Å². The number of carbonyl (C=O) groups is 1. The highest BCUT2D eigenvalue weighted by atomic mass is 16.5. The van der Waals surface area contributed by atoms with Gasteiger partial charge in [0.25, 0.3) is 0 Å². The van der Waals surface area contributed by atoms with Gasteiger partial charge in [-0.05, 0) is 43.6 Å². The lowest BCUT2D eigenvalue weighted by Gasteiger charge is -2.30. The number of ketones is 1. The third-order valence-corrected chi connectivity index (χ3v) is 4.63. The summed E-state index contributed by atoms with van der Waals surface area (Å²) < 4.78 is 8.09. The van der Waals surface area contributed by atoms with Gasteiger partial charge in [0, 0.05) is 37.0 Å². The zero-order chi connectivity index (χ0) is 14.2. The molecule has 0 saturated carbocycles. The first-order valence-electron chi connectivity index (χ1n) is 7.88. The maximum absolute atomic E-state index is 12.2. The van der Waals surface area contributed by atoms with Crippen molar-refractivity contribution >= 4 is 5.78 Å². The molecule has 1 aliphatic heterocycles. The van der Waals surface area contributed by atoms with E-state index in [-0.39, 0.29) is 5.41 Å². The van der Waals surface area contributed by atoms with E-state index in [1.54, 1.807) is 0 Å². The number of hydrogen-bond donors (Lipinski definition) is 0. The van der Waals surface area contributed by atoms with Gasteiger partial charge in [-0.3, -0.25) is 4.79 Å². The number of aromatic nitrogens is 1. The van der Waals surface area contributed by atoms with Gasteiger partial charge >= 0.3 is 0 Å². The molecule has 1 aliphatic carbocycles. The SMILES string of the molecule is CC1(C)CC(=O)c2ccn(CCC3CCCCO3)c2C1. The van der Waals surface area contributed by atoms with Crippen LogP contribution in [0.2, 0.25) is 0 Å². The van der Waals surface area contributed by atoms with Crippen LogP contribution < -0.4 is 0 Å². The molecule has 0 aromatic carbocycles. The molecule has 3 rings (SSSR count). The van der Waals surface area contributed by atoms with Gasteiger partial charge in [-0.2, -0.15) is 0 Å². The smallest absolute Gasteiger partial charge is 0.165 e. The van der Waals surface area contributed by atoms with Crippen LogP contribution in [-0.4, -0.2) is 23.1 Å². The van der Waals surface area contributed by atoms with Gasteiger partial charge in [0.1, 0.15) is 0 Å². The topological polar surface area (TPSA) is 31.2 Å². The van der Waals surface area contributed by atoms with Crippen LogP contribution in [-0.2, 0) is 17.7 Å². The summed E-state index contributed by atoms with van der Waals surface area (Å²) in [6.07, 6.45) is 8.94. The first-order chi connectivity index (χ1) is 9.55. The van der Waals surface area contributed by atoms with Crippen LogP contribution in [0.4, 0.5) is 0 Å². The molecule has 1 fully saturated rings. The lowest BCUT2D eigenvalue weighted by Crippen LogP contribution is -2.28. The molecule has 1 aromatic rings. The van der Waals surface area contributed by atoms with Crippen LogP contribution >= 0.6 is 0 Å². The Labute approximate surface area is 121 Å². The second-order valence-corrected chi connectivity index (χ2v) is 7.09. The molecule has 20 heavy (non-hydrogen) atoms. The maximum atomic E-state index is 12.2. The minimum absolute atomic E-state index is 0.0987. The minimum atomic E-state index is 0.0987. The number of Topliss-reactive ketones (excluding diaryl/α,β-unsaturated/α-hetero) is 1. The lowest BCUT2D eigenvalue weighted by molar-refractivity contribution is 0.00866. The summed E-state index contributed by atoms with van der Waals surface area (Å²) in [7, 11) is 0. The fourth-order valence-electron chi connectivity index (χ4n) is 3.53. The zero-order valence-corrected chi connectivity index (χ0v) is 12.7. The Balaban J connectivity index is 1.70. The number of rotatable bonds is 3. The Morgan fingerprint density at radius 1 is 1.35 bits per heavy atom. The third-order valence-electron chi connectivity index (χ3n) is 4.63. The van der Waals surface area contributed by atoms with Crippen LogP contribution in [0.3, 0.4) is 0 Å². The van der Waals surface area contributed by atoms with Crippen molar-refractivity contribution in [2.45, 2.75) is 65.0 Å². The largest absolute Gasteiger partial charge is 0.378 e. The Kier molecular flexibility index (Phi) is 3.72. The number of carbonyl (C=O) groups excluding carboxylic acids is 1. The molecule has 110 valence electrons. The summed E-state index contributed by atoms with van der Waals surface area (Å²) in [5, 5.41) is 0. The molecule has 2 aliphatic rings. The first kappa shape index (κ1) is 13.9. The summed E-state index contributed by atoms with van der Waals surface area (Å²) in [6.45, 7) is 6.27. The molecule has 0 amide bonds. The predicted octanol–water partition coefficient (Wildman–Crippen LogP) is 3.60. The molecule has 2 heterocycles. The Bertz CT molecular complexity index is 495. The molecule has 1 atom stereocenters. The number of nitrogens with zero attached hydrogens (tertiary/aromatic N) is 1. The average molecular weight is 275 g/mol. The number of fused-ring (bicyclic) bond motifs is 1. The van der Waals surface area contributed by atoms with Gasteiger partial charge in [-0.15, -0.1) is 0 Å². The predicted molar refractivity (Wildman–Crippen MR) is 79.1 cm³/mol. The summed E-state index contributed by atoms with van der Waals surface area (Å²) in [5.41, 5.74) is 2.29. The molecule has 1 unspecified atom stereocenters. The van der Waals surface area contributed by atoms with Crippen molar-refractivity contribution in [1.82, 2.24) is 4.57 Å². The van der Waals surface area contributed by atoms with E-state index < -0.39 is 0 Å². The third kappa shape index (κ3) is 2.83. The van der Waals surface area contributed by atoms with Gasteiger partial charge < -0.3 is 9.30 Å². The molecule has 0 radical (unpaired) electrons. The normalized spacial score (nSPS) is 25.5. The maximum Gasteiger partial charge on any atom is 0.165 e. The molecule has 1 saturated heterocycles. The molecule has 0 bridgehead atoms. The average Bonchev–Trinajstić information content (AvgIpc) is 2.79. The van der Waals surface area contributed by atoms with Crippen LogP contribution in [0.25, 0.3) is 0 Å². The molecule has 0 spiro atoms. The molecule has 3 nitrogen and oxygen atoms in total. The van der Waals surface area contributed by atoms with E-state index in [9.17, 15) is 4.79 Å². The molecule has 0 N–H and O–H groups in total. The van der Waals surface area contributed by atoms with Crippen molar-refractivity contribution in [3.8, 4) is 0 Å². The second kappa shape index (κ2) is 5.36. The van der Waals surface area contributed by atoms with Crippen molar-refractivity contribution in [1.29, 1.82) is 0 Å². The standard InChI is InChI=1S/C17H25NO2/c1-17(2)11-15-14(16(19)12-17)7-9-18(15)8-6-13-5-3-4-10-20-13/h7,9,13H,3-6,8,10-12H2,1-2H3. The van der Waals surface area contributed by atoms with Gasteiger partial charge in [0.2, 0.25) is 0 Å². The highest BCUT2D eigenvalue weighted by Gasteiger charge is 2.32. The fraction of sp³-hybridized carbons (Fsp3) is 0.706. The van der Waals surface area contributed by atoms with Crippen molar-refractivity contribution in [3.05, 3.63) is 23.5 Å². The Hall–Kier alpha value is -1.09. The van der Waals surface area contributed by atoms with Gasteiger partial charge in [0.05, 0.1) is 6.10 Å². The van der Waals surface area contributed by atoms with E-state index in [0.29, 0.717) is 18.3 Å². The van der Waals surface area contributed by atoms with E-state index in [1.165, 1.54) is 25.0 Å². The van der Waals surface area contributed by atoms with Crippen LogP contribution in [0.1, 0.15) is 62.0 Å². The summed E-state index contributed by atoms with van der Waals surface area (Å²) in [5.74, 6) is 0.309.